The van der Waals surface area contributed by atoms with Crippen LogP contribution in [0.3, 0.4) is 0 Å². The maximum Gasteiger partial charge on any atom is 0.252 e. The monoisotopic (exact) mass is 1000 g/mol. The summed E-state index contributed by atoms with van der Waals surface area (Å²) in [7, 11) is 0. The Kier molecular flexibility index (Phi) is 11.7. The lowest BCUT2D eigenvalue weighted by Gasteiger charge is -2.44. The summed E-state index contributed by atoms with van der Waals surface area (Å²) in [6.07, 6.45) is 0. The first kappa shape index (κ1) is 48.9. The zero-order valence-electron chi connectivity index (χ0n) is 47.1. The van der Waals surface area contributed by atoms with E-state index in [0.717, 1.165) is 22.7 Å². The van der Waals surface area contributed by atoms with Crippen molar-refractivity contribution >= 4 is 101 Å². The maximum atomic E-state index is 2.56. The molecule has 0 fully saturated rings. The van der Waals surface area contributed by atoms with E-state index in [1.54, 1.807) is 0 Å². The molecule has 0 aliphatic carbocycles. The molecule has 0 atom stereocenters. The number of fused-ring (bicyclic) bond motifs is 10. The number of nitrogens with zero attached hydrogens (tertiary/aromatic N) is 4. The molecule has 9 aromatic carbocycles. The van der Waals surface area contributed by atoms with E-state index in [2.05, 4.69) is 278 Å². The normalized spacial score (nSPS) is 13.3. The molecule has 382 valence electrons. The lowest BCUT2D eigenvalue weighted by atomic mass is 9.33. The second-order valence-corrected chi connectivity index (χ2v) is 24.2. The van der Waals surface area contributed by atoms with Crippen LogP contribution < -0.4 is 26.2 Å². The minimum absolute atomic E-state index is 0.0348. The molecule has 2 aliphatic rings. The lowest BCUT2D eigenvalue weighted by molar-refractivity contribution is 0.866. The molecule has 0 radical (unpaired) electrons. The predicted octanol–water partition coefficient (Wildman–Crippen LogP) is 18.7. The number of aromatic nitrogens is 2. The summed E-state index contributed by atoms with van der Waals surface area (Å²) in [6.45, 7) is 27.5. The molecule has 0 saturated carbocycles. The highest BCUT2D eigenvalue weighted by atomic mass is 15.2. The average Bonchev–Trinajstić information content (AvgIpc) is 4.08. The van der Waals surface area contributed by atoms with Crippen molar-refractivity contribution in [2.75, 3.05) is 9.80 Å². The third-order valence-corrected chi connectivity index (χ3v) is 17.4. The first-order valence-electron chi connectivity index (χ1n) is 28.5. The van der Waals surface area contributed by atoms with E-state index in [1.807, 2.05) is 0 Å². The van der Waals surface area contributed by atoms with E-state index in [1.165, 1.54) is 116 Å². The number of rotatable bonds is 10. The van der Waals surface area contributed by atoms with Gasteiger partial charge in [0.2, 0.25) is 0 Å². The van der Waals surface area contributed by atoms with E-state index in [0.29, 0.717) is 35.5 Å². The molecule has 4 heterocycles. The Labute approximate surface area is 456 Å². The zero-order chi connectivity index (χ0) is 53.3. The fourth-order valence-electron chi connectivity index (χ4n) is 12.9. The Balaban J connectivity index is 1.08. The molecular formula is C72H71BN4. The Morgan fingerprint density at radius 2 is 0.558 bits per heavy atom. The van der Waals surface area contributed by atoms with Crippen molar-refractivity contribution in [1.82, 2.24) is 9.13 Å². The summed E-state index contributed by atoms with van der Waals surface area (Å²) in [5.41, 5.74) is 26.5. The van der Waals surface area contributed by atoms with E-state index >= 15 is 0 Å². The zero-order valence-corrected chi connectivity index (χ0v) is 47.1. The average molecular weight is 1000 g/mol. The first-order chi connectivity index (χ1) is 37.1. The van der Waals surface area contributed by atoms with Gasteiger partial charge in [-0.2, -0.15) is 0 Å². The molecule has 13 rings (SSSR count). The molecule has 2 aromatic heterocycles. The van der Waals surface area contributed by atoms with Gasteiger partial charge in [-0.1, -0.05) is 150 Å². The van der Waals surface area contributed by atoms with Gasteiger partial charge in [0, 0.05) is 67.0 Å². The van der Waals surface area contributed by atoms with Crippen LogP contribution in [0.2, 0.25) is 0 Å². The topological polar surface area (TPSA) is 16.3 Å². The summed E-state index contributed by atoms with van der Waals surface area (Å²) in [5.74, 6) is 2.57. The van der Waals surface area contributed by atoms with Crippen LogP contribution in [0.4, 0.5) is 34.1 Å². The summed E-state index contributed by atoms with van der Waals surface area (Å²) in [4.78, 5) is 5.13. The largest absolute Gasteiger partial charge is 0.311 e. The van der Waals surface area contributed by atoms with Gasteiger partial charge in [0.1, 0.15) is 0 Å². The van der Waals surface area contributed by atoms with Crippen molar-refractivity contribution in [2.45, 2.75) is 119 Å². The van der Waals surface area contributed by atoms with Crippen molar-refractivity contribution in [2.24, 2.45) is 0 Å². The SMILES string of the molecule is CC(C)c1ccc(N2c3cc(-n4c5ccc(C(C)C)cc5c5cc(C(C)C)ccc54)ccc3B3c4ccc(-n5c6ccc(C(C)C)cc6c6cc(C(C)C)ccc65)cc4N(c4ccc(C(C)C)cc4)c4cccc2c43)cc1. The van der Waals surface area contributed by atoms with E-state index < -0.39 is 0 Å². The quantitative estimate of drug-likeness (QED) is 0.127. The minimum Gasteiger partial charge on any atom is -0.311 e. The molecule has 0 N–H and O–H groups in total. The van der Waals surface area contributed by atoms with Crippen LogP contribution in [0.5, 0.6) is 0 Å². The molecule has 0 amide bonds. The number of benzene rings is 9. The first-order valence-corrected chi connectivity index (χ1v) is 28.5. The standard InChI is InChI=1S/C72H71BN4/c1-42(2)48-16-24-54(25-17-48)74-68-14-13-15-69-72(68)73(62-30-28-56(40-70(62)74)76-64-32-20-50(44(5)6)36-58(64)59-37-51(45(7)8)21-33-65(59)76)63-31-29-57(41-71(63)75(69)55-26-18-49(19-27-55)43(3)4)77-66-34-22-52(46(9)10)38-60(66)61-39-53(47(11)12)23-35-67(61)77/h13-47H,1-12H3. The summed E-state index contributed by atoms with van der Waals surface area (Å²) in [5, 5.41) is 5.24. The Morgan fingerprint density at radius 1 is 0.273 bits per heavy atom. The minimum atomic E-state index is -0.0348. The molecule has 11 aromatic rings. The second kappa shape index (κ2) is 18.5. The predicted molar refractivity (Wildman–Crippen MR) is 334 cm³/mol. The van der Waals surface area contributed by atoms with Gasteiger partial charge in [-0.25, -0.2) is 0 Å². The van der Waals surface area contributed by atoms with Crippen LogP contribution in [-0.4, -0.2) is 15.8 Å². The van der Waals surface area contributed by atoms with Gasteiger partial charge >= 0.3 is 0 Å². The number of hydrogen-bond donors (Lipinski definition) is 0. The van der Waals surface area contributed by atoms with Gasteiger partial charge in [-0.3, -0.25) is 0 Å². The van der Waals surface area contributed by atoms with Crippen LogP contribution in [0.15, 0.2) is 176 Å². The van der Waals surface area contributed by atoms with Crippen LogP contribution in [0, 0.1) is 0 Å². The van der Waals surface area contributed by atoms with Gasteiger partial charge in [-0.15, -0.1) is 0 Å². The van der Waals surface area contributed by atoms with E-state index in [-0.39, 0.29) is 6.71 Å². The van der Waals surface area contributed by atoms with Gasteiger partial charge in [0.15, 0.2) is 0 Å². The van der Waals surface area contributed by atoms with Crippen LogP contribution in [0.1, 0.15) is 152 Å². The van der Waals surface area contributed by atoms with Gasteiger partial charge in [0.25, 0.3) is 6.71 Å². The van der Waals surface area contributed by atoms with Crippen LogP contribution in [0.25, 0.3) is 55.0 Å². The highest BCUT2D eigenvalue weighted by molar-refractivity contribution is 7.00. The summed E-state index contributed by atoms with van der Waals surface area (Å²) in [6, 6.07) is 69.0. The Bertz CT molecular complexity index is 3730. The number of anilines is 6. The molecular weight excluding hydrogens is 932 g/mol. The van der Waals surface area contributed by atoms with Crippen molar-refractivity contribution in [3.05, 3.63) is 209 Å². The number of hydrogen-bond acceptors (Lipinski definition) is 2. The second-order valence-electron chi connectivity index (χ2n) is 24.2. The molecule has 4 nitrogen and oxygen atoms in total. The third-order valence-electron chi connectivity index (χ3n) is 17.4. The van der Waals surface area contributed by atoms with Crippen LogP contribution >= 0.6 is 0 Å². The molecule has 2 aliphatic heterocycles. The molecule has 0 bridgehead atoms. The van der Waals surface area contributed by atoms with Gasteiger partial charge < -0.3 is 18.9 Å². The highest BCUT2D eigenvalue weighted by Gasteiger charge is 2.43. The van der Waals surface area contributed by atoms with Crippen molar-refractivity contribution in [1.29, 1.82) is 0 Å². The van der Waals surface area contributed by atoms with Crippen LogP contribution in [-0.2, 0) is 0 Å². The smallest absolute Gasteiger partial charge is 0.252 e. The molecule has 0 unspecified atom stereocenters. The fourth-order valence-corrected chi connectivity index (χ4v) is 12.9. The Morgan fingerprint density at radius 3 is 0.857 bits per heavy atom. The fraction of sp³-hybridized carbons (Fsp3) is 0.250. The van der Waals surface area contributed by atoms with E-state index in [4.69, 9.17) is 0 Å². The molecule has 77 heavy (non-hydrogen) atoms. The molecule has 0 spiro atoms. The molecule has 0 saturated heterocycles. The lowest BCUT2D eigenvalue weighted by Crippen LogP contribution is -2.61. The third kappa shape index (κ3) is 7.78. The van der Waals surface area contributed by atoms with Gasteiger partial charge in [0.05, 0.1) is 22.1 Å². The summed E-state index contributed by atoms with van der Waals surface area (Å²) >= 11 is 0. The van der Waals surface area contributed by atoms with Gasteiger partial charge in [-0.05, 0) is 194 Å². The molecule has 5 heteroatoms. The maximum absolute atomic E-state index is 2.56. The van der Waals surface area contributed by atoms with Crippen molar-refractivity contribution in [3.63, 3.8) is 0 Å². The highest BCUT2D eigenvalue weighted by Crippen LogP contribution is 2.47. The Hall–Kier alpha value is -7.76. The van der Waals surface area contributed by atoms with E-state index in [9.17, 15) is 0 Å². The van der Waals surface area contributed by atoms with Crippen molar-refractivity contribution in [3.8, 4) is 11.4 Å². The van der Waals surface area contributed by atoms with Crippen molar-refractivity contribution < 1.29 is 0 Å². The summed E-state index contributed by atoms with van der Waals surface area (Å²) < 4.78 is 5.05.